The van der Waals surface area contributed by atoms with E-state index in [0.717, 1.165) is 13.1 Å². The van der Waals surface area contributed by atoms with E-state index in [0.29, 0.717) is 5.41 Å². The Morgan fingerprint density at radius 2 is 2.00 bits per heavy atom. The molecule has 14 heavy (non-hydrogen) atoms. The third kappa shape index (κ3) is 2.83. The second kappa shape index (κ2) is 5.91. The molecule has 1 aliphatic heterocycles. The van der Waals surface area contributed by atoms with Crippen molar-refractivity contribution in [3.05, 3.63) is 16.6 Å². The fourth-order valence-electron chi connectivity index (χ4n) is 1.71. The molecule has 2 nitrogen and oxygen atoms in total. The van der Waals surface area contributed by atoms with Gasteiger partial charge < -0.3 is 5.32 Å². The summed E-state index contributed by atoms with van der Waals surface area (Å²) in [5.41, 5.74) is 0.347. The normalized spacial score (nSPS) is 19.2. The SMILES string of the molecule is CC1(c2nccs2)CCNCC1.Cl.Cl. The Morgan fingerprint density at radius 3 is 2.50 bits per heavy atom. The molecule has 1 N–H and O–H groups in total. The highest BCUT2D eigenvalue weighted by Crippen LogP contribution is 2.33. The van der Waals surface area contributed by atoms with E-state index in [9.17, 15) is 0 Å². The first-order chi connectivity index (χ1) is 5.81. The summed E-state index contributed by atoms with van der Waals surface area (Å²) >= 11 is 1.79. The molecule has 0 aromatic carbocycles. The first kappa shape index (κ1) is 14.2. The van der Waals surface area contributed by atoms with Gasteiger partial charge in [0.15, 0.2) is 0 Å². The van der Waals surface area contributed by atoms with Crippen molar-refractivity contribution in [3.8, 4) is 0 Å². The number of nitrogens with zero attached hydrogens (tertiary/aromatic N) is 1. The number of rotatable bonds is 1. The molecule has 1 saturated heterocycles. The molecule has 2 rings (SSSR count). The molecule has 1 aliphatic rings. The minimum atomic E-state index is 0. The van der Waals surface area contributed by atoms with Crippen LogP contribution in [0, 0.1) is 0 Å². The molecule has 5 heteroatoms. The van der Waals surface area contributed by atoms with Crippen LogP contribution in [-0.4, -0.2) is 18.1 Å². The molecule has 0 amide bonds. The third-order valence-corrected chi connectivity index (χ3v) is 3.74. The molecule has 0 aliphatic carbocycles. The average Bonchev–Trinajstić information content (AvgIpc) is 2.58. The molecule has 0 saturated carbocycles. The van der Waals surface area contributed by atoms with E-state index < -0.39 is 0 Å². The number of nitrogens with one attached hydrogen (secondary N) is 1. The van der Waals surface area contributed by atoms with Crippen LogP contribution >= 0.6 is 36.2 Å². The summed E-state index contributed by atoms with van der Waals surface area (Å²) in [6.45, 7) is 4.60. The summed E-state index contributed by atoms with van der Waals surface area (Å²) in [5, 5.41) is 6.76. The Hall–Kier alpha value is 0.170. The minimum absolute atomic E-state index is 0. The summed E-state index contributed by atoms with van der Waals surface area (Å²) < 4.78 is 0. The first-order valence-corrected chi connectivity index (χ1v) is 5.30. The Balaban J connectivity index is 0.000000845. The van der Waals surface area contributed by atoms with Crippen molar-refractivity contribution < 1.29 is 0 Å². The largest absolute Gasteiger partial charge is 0.317 e. The van der Waals surface area contributed by atoms with Crippen LogP contribution in [0.3, 0.4) is 0 Å². The maximum absolute atomic E-state index is 4.40. The highest BCUT2D eigenvalue weighted by molar-refractivity contribution is 7.09. The number of aromatic nitrogens is 1. The standard InChI is InChI=1S/C9H14N2S.2ClH/c1-9(2-4-10-5-3-9)8-11-6-7-12-8;;/h6-7,10H,2-5H2,1H3;2*1H. The monoisotopic (exact) mass is 254 g/mol. The van der Waals surface area contributed by atoms with Crippen molar-refractivity contribution >= 4 is 36.2 Å². The first-order valence-electron chi connectivity index (χ1n) is 4.42. The van der Waals surface area contributed by atoms with Gasteiger partial charge in [0, 0.05) is 17.0 Å². The Morgan fingerprint density at radius 1 is 1.36 bits per heavy atom. The highest BCUT2D eigenvalue weighted by Gasteiger charge is 2.30. The topological polar surface area (TPSA) is 24.9 Å². The van der Waals surface area contributed by atoms with Crippen LogP contribution in [0.25, 0.3) is 0 Å². The number of piperidine rings is 1. The summed E-state index contributed by atoms with van der Waals surface area (Å²) in [5.74, 6) is 0. The molecule has 82 valence electrons. The molecule has 0 spiro atoms. The van der Waals surface area contributed by atoms with Gasteiger partial charge in [0.05, 0.1) is 5.01 Å². The van der Waals surface area contributed by atoms with Crippen molar-refractivity contribution in [2.45, 2.75) is 25.2 Å². The van der Waals surface area contributed by atoms with Crippen LogP contribution in [0.4, 0.5) is 0 Å². The summed E-state index contributed by atoms with van der Waals surface area (Å²) in [7, 11) is 0. The van der Waals surface area contributed by atoms with Crippen LogP contribution in [-0.2, 0) is 5.41 Å². The van der Waals surface area contributed by atoms with Gasteiger partial charge in [0.1, 0.15) is 0 Å². The molecular formula is C9H16Cl2N2S. The summed E-state index contributed by atoms with van der Waals surface area (Å²) in [6, 6.07) is 0. The van der Waals surface area contributed by atoms with Crippen molar-refractivity contribution in [2.24, 2.45) is 0 Å². The van der Waals surface area contributed by atoms with E-state index in [2.05, 4.69) is 22.6 Å². The fourth-order valence-corrected chi connectivity index (χ4v) is 2.57. The lowest BCUT2D eigenvalue weighted by molar-refractivity contribution is 0.334. The van der Waals surface area contributed by atoms with E-state index in [1.54, 1.807) is 11.3 Å². The lowest BCUT2D eigenvalue weighted by Crippen LogP contribution is -2.37. The molecule has 2 heterocycles. The molecule has 1 aromatic heterocycles. The van der Waals surface area contributed by atoms with E-state index >= 15 is 0 Å². The number of hydrogen-bond acceptors (Lipinski definition) is 3. The average molecular weight is 255 g/mol. The summed E-state index contributed by atoms with van der Waals surface area (Å²) in [6.07, 6.45) is 4.36. The van der Waals surface area contributed by atoms with Gasteiger partial charge in [-0.3, -0.25) is 0 Å². The zero-order valence-corrected chi connectivity index (χ0v) is 10.6. The lowest BCUT2D eigenvalue weighted by Gasteiger charge is -2.31. The van der Waals surface area contributed by atoms with Crippen LogP contribution in [0.15, 0.2) is 11.6 Å². The number of hydrogen-bond donors (Lipinski definition) is 1. The molecule has 1 aromatic rings. The third-order valence-electron chi connectivity index (χ3n) is 2.66. The molecule has 0 atom stereocenters. The zero-order chi connectivity index (χ0) is 8.44. The van der Waals surface area contributed by atoms with E-state index in [4.69, 9.17) is 0 Å². The fraction of sp³-hybridized carbons (Fsp3) is 0.667. The predicted molar refractivity (Wildman–Crippen MR) is 66.1 cm³/mol. The Bertz CT molecular complexity index is 245. The highest BCUT2D eigenvalue weighted by atomic mass is 35.5. The van der Waals surface area contributed by atoms with Crippen molar-refractivity contribution in [1.29, 1.82) is 0 Å². The van der Waals surface area contributed by atoms with Gasteiger partial charge in [0.2, 0.25) is 0 Å². The van der Waals surface area contributed by atoms with Gasteiger partial charge >= 0.3 is 0 Å². The second-order valence-electron chi connectivity index (χ2n) is 3.65. The predicted octanol–water partition coefficient (Wildman–Crippen LogP) is 2.63. The van der Waals surface area contributed by atoms with E-state index in [1.165, 1.54) is 17.8 Å². The van der Waals surface area contributed by atoms with Crippen LogP contribution in [0.5, 0.6) is 0 Å². The van der Waals surface area contributed by atoms with Gasteiger partial charge in [-0.1, -0.05) is 6.92 Å². The van der Waals surface area contributed by atoms with E-state index in [1.807, 2.05) is 6.20 Å². The van der Waals surface area contributed by atoms with Gasteiger partial charge in [0.25, 0.3) is 0 Å². The van der Waals surface area contributed by atoms with Gasteiger partial charge in [-0.2, -0.15) is 0 Å². The molecule has 0 bridgehead atoms. The lowest BCUT2D eigenvalue weighted by atomic mass is 9.82. The van der Waals surface area contributed by atoms with E-state index in [-0.39, 0.29) is 24.8 Å². The van der Waals surface area contributed by atoms with Crippen molar-refractivity contribution in [2.75, 3.05) is 13.1 Å². The number of halogens is 2. The minimum Gasteiger partial charge on any atom is -0.317 e. The maximum atomic E-state index is 4.40. The molecular weight excluding hydrogens is 239 g/mol. The molecule has 1 fully saturated rings. The van der Waals surface area contributed by atoms with Crippen molar-refractivity contribution in [3.63, 3.8) is 0 Å². The van der Waals surface area contributed by atoms with Crippen LogP contribution < -0.4 is 5.32 Å². The van der Waals surface area contributed by atoms with Gasteiger partial charge in [-0.05, 0) is 25.9 Å². The van der Waals surface area contributed by atoms with Crippen LogP contribution in [0.2, 0.25) is 0 Å². The van der Waals surface area contributed by atoms with Crippen molar-refractivity contribution in [1.82, 2.24) is 10.3 Å². The number of thiazole rings is 1. The second-order valence-corrected chi connectivity index (χ2v) is 4.54. The molecule has 0 unspecified atom stereocenters. The Labute approximate surface area is 101 Å². The molecule has 0 radical (unpaired) electrons. The Kier molecular flexibility index (Phi) is 5.98. The van der Waals surface area contributed by atoms with Crippen LogP contribution in [0.1, 0.15) is 24.8 Å². The summed E-state index contributed by atoms with van der Waals surface area (Å²) in [4.78, 5) is 4.40. The van der Waals surface area contributed by atoms with Gasteiger partial charge in [-0.25, -0.2) is 4.98 Å². The quantitative estimate of drug-likeness (QED) is 0.834. The smallest absolute Gasteiger partial charge is 0.0984 e. The zero-order valence-electron chi connectivity index (χ0n) is 8.16. The maximum Gasteiger partial charge on any atom is 0.0984 e. The van der Waals surface area contributed by atoms with Gasteiger partial charge in [-0.15, -0.1) is 36.2 Å².